The standard InChI is InChI=1S/C26H36BrN5O2/c1-18(2)28-10-11-29-24(33)16-31(26-19(3)12-23(27)13-20(26)4)17-25(34)30(5)32-14-21-8-6-7-9-22(21)15-32/h6-9,12-13,18,28H,10-11,14-17H2,1-5H3,(H,29,33). The van der Waals surface area contributed by atoms with Crippen LogP contribution in [0.5, 0.6) is 0 Å². The summed E-state index contributed by atoms with van der Waals surface area (Å²) < 4.78 is 0.980. The normalized spacial score (nSPS) is 13.1. The first-order chi connectivity index (χ1) is 16.2. The van der Waals surface area contributed by atoms with Gasteiger partial charge in [0.1, 0.15) is 0 Å². The first-order valence-electron chi connectivity index (χ1n) is 11.8. The highest BCUT2D eigenvalue weighted by atomic mass is 79.9. The molecule has 0 aromatic heterocycles. The fourth-order valence-corrected chi connectivity index (χ4v) is 5.05. The molecule has 2 N–H and O–H groups in total. The monoisotopic (exact) mass is 529 g/mol. The minimum Gasteiger partial charge on any atom is -0.353 e. The third kappa shape index (κ3) is 6.81. The number of amides is 2. The third-order valence-corrected chi connectivity index (χ3v) is 6.50. The number of halogens is 1. The second kappa shape index (κ2) is 11.8. The average Bonchev–Trinajstić information content (AvgIpc) is 3.19. The van der Waals surface area contributed by atoms with Gasteiger partial charge in [0.05, 0.1) is 13.1 Å². The molecule has 1 heterocycles. The molecule has 8 heteroatoms. The zero-order valence-corrected chi connectivity index (χ0v) is 22.4. The van der Waals surface area contributed by atoms with Crippen LogP contribution in [0.15, 0.2) is 40.9 Å². The average molecular weight is 531 g/mol. The number of nitrogens with zero attached hydrogens (tertiary/aromatic N) is 3. The fraction of sp³-hybridized carbons (Fsp3) is 0.462. The lowest BCUT2D eigenvalue weighted by molar-refractivity contribution is -0.145. The molecule has 0 saturated heterocycles. The van der Waals surface area contributed by atoms with Crippen LogP contribution in [0.25, 0.3) is 0 Å². The van der Waals surface area contributed by atoms with Crippen molar-refractivity contribution in [2.75, 3.05) is 38.1 Å². The van der Waals surface area contributed by atoms with Gasteiger partial charge in [0.15, 0.2) is 0 Å². The quantitative estimate of drug-likeness (QED) is 0.462. The van der Waals surface area contributed by atoms with E-state index in [0.717, 1.165) is 21.3 Å². The highest BCUT2D eigenvalue weighted by Crippen LogP contribution is 2.29. The van der Waals surface area contributed by atoms with Gasteiger partial charge in [-0.3, -0.25) is 14.6 Å². The van der Waals surface area contributed by atoms with E-state index < -0.39 is 0 Å². The third-order valence-electron chi connectivity index (χ3n) is 6.04. The largest absolute Gasteiger partial charge is 0.353 e. The molecule has 0 fully saturated rings. The van der Waals surface area contributed by atoms with Gasteiger partial charge in [-0.25, -0.2) is 5.01 Å². The molecule has 0 spiro atoms. The smallest absolute Gasteiger partial charge is 0.256 e. The van der Waals surface area contributed by atoms with Crippen LogP contribution in [0, 0.1) is 13.8 Å². The Labute approximate surface area is 211 Å². The van der Waals surface area contributed by atoms with Gasteiger partial charge < -0.3 is 15.5 Å². The molecule has 1 aliphatic heterocycles. The number of carbonyl (C=O) groups is 2. The molecule has 0 atom stereocenters. The molecule has 0 aliphatic carbocycles. The number of carbonyl (C=O) groups excluding carboxylic acids is 2. The Morgan fingerprint density at radius 2 is 1.62 bits per heavy atom. The fourth-order valence-electron chi connectivity index (χ4n) is 4.36. The van der Waals surface area contributed by atoms with Crippen molar-refractivity contribution < 1.29 is 9.59 Å². The number of anilines is 1. The van der Waals surface area contributed by atoms with Crippen molar-refractivity contribution >= 4 is 33.4 Å². The van der Waals surface area contributed by atoms with Gasteiger partial charge in [0.2, 0.25) is 5.91 Å². The summed E-state index contributed by atoms with van der Waals surface area (Å²) in [5.41, 5.74) is 5.45. The van der Waals surface area contributed by atoms with Gasteiger partial charge in [-0.2, -0.15) is 0 Å². The van der Waals surface area contributed by atoms with Crippen molar-refractivity contribution in [3.63, 3.8) is 0 Å². The Hall–Kier alpha value is -2.42. The molecule has 2 amide bonds. The van der Waals surface area contributed by atoms with Gasteiger partial charge >= 0.3 is 0 Å². The van der Waals surface area contributed by atoms with E-state index in [1.165, 1.54) is 11.1 Å². The summed E-state index contributed by atoms with van der Waals surface area (Å²) in [4.78, 5) is 28.0. The van der Waals surface area contributed by atoms with Crippen molar-refractivity contribution in [3.05, 3.63) is 63.1 Å². The van der Waals surface area contributed by atoms with E-state index in [-0.39, 0.29) is 24.9 Å². The van der Waals surface area contributed by atoms with Crippen LogP contribution in [0.1, 0.15) is 36.1 Å². The van der Waals surface area contributed by atoms with E-state index >= 15 is 0 Å². The minimum atomic E-state index is -0.101. The van der Waals surface area contributed by atoms with Crippen LogP contribution in [0.2, 0.25) is 0 Å². The molecule has 2 aromatic rings. The predicted octanol–water partition coefficient (Wildman–Crippen LogP) is 3.38. The predicted molar refractivity (Wildman–Crippen MR) is 140 cm³/mol. The molecule has 2 aromatic carbocycles. The van der Waals surface area contributed by atoms with Crippen LogP contribution in [-0.2, 0) is 22.7 Å². The van der Waals surface area contributed by atoms with Gasteiger partial charge in [-0.15, -0.1) is 0 Å². The molecule has 184 valence electrons. The molecule has 0 radical (unpaired) electrons. The molecular weight excluding hydrogens is 494 g/mol. The van der Waals surface area contributed by atoms with Crippen molar-refractivity contribution in [2.24, 2.45) is 0 Å². The number of likely N-dealkylation sites (N-methyl/N-ethyl adjacent to an activating group) is 1. The summed E-state index contributed by atoms with van der Waals surface area (Å²) in [6.45, 7) is 11.1. The van der Waals surface area contributed by atoms with Crippen LogP contribution < -0.4 is 15.5 Å². The minimum absolute atomic E-state index is 0.0520. The number of hydrazine groups is 1. The Bertz CT molecular complexity index is 978. The highest BCUT2D eigenvalue weighted by molar-refractivity contribution is 9.10. The SMILES string of the molecule is Cc1cc(Br)cc(C)c1N(CC(=O)NCCNC(C)C)CC(=O)N(C)N1Cc2ccccc2C1. The van der Waals surface area contributed by atoms with Crippen LogP contribution in [0.3, 0.4) is 0 Å². The lowest BCUT2D eigenvalue weighted by atomic mass is 10.1. The summed E-state index contributed by atoms with van der Waals surface area (Å²) in [5.74, 6) is -0.153. The highest BCUT2D eigenvalue weighted by Gasteiger charge is 2.27. The first-order valence-corrected chi connectivity index (χ1v) is 12.5. The summed E-state index contributed by atoms with van der Waals surface area (Å²) in [6.07, 6.45) is 0. The van der Waals surface area contributed by atoms with Crippen molar-refractivity contribution in [1.29, 1.82) is 0 Å². The van der Waals surface area contributed by atoms with Crippen LogP contribution in [0.4, 0.5) is 5.69 Å². The van der Waals surface area contributed by atoms with Gasteiger partial charge in [-0.05, 0) is 48.2 Å². The number of benzene rings is 2. The molecule has 34 heavy (non-hydrogen) atoms. The molecule has 3 rings (SSSR count). The summed E-state index contributed by atoms with van der Waals surface area (Å²) >= 11 is 3.55. The Morgan fingerprint density at radius 1 is 1.03 bits per heavy atom. The van der Waals surface area contributed by atoms with E-state index in [4.69, 9.17) is 0 Å². The number of aryl methyl sites for hydroxylation is 2. The number of hydrogen-bond donors (Lipinski definition) is 2. The Balaban J connectivity index is 1.72. The van der Waals surface area contributed by atoms with E-state index in [1.54, 1.807) is 5.01 Å². The zero-order valence-electron chi connectivity index (χ0n) is 20.8. The van der Waals surface area contributed by atoms with Crippen LogP contribution in [-0.4, -0.2) is 61.1 Å². The number of fused-ring (bicyclic) bond motifs is 1. The summed E-state index contributed by atoms with van der Waals surface area (Å²) in [6, 6.07) is 12.7. The Morgan fingerprint density at radius 3 is 2.18 bits per heavy atom. The molecule has 0 bridgehead atoms. The maximum absolute atomic E-state index is 13.4. The van der Waals surface area contributed by atoms with E-state index in [2.05, 4.69) is 52.5 Å². The Kier molecular flexibility index (Phi) is 9.10. The van der Waals surface area contributed by atoms with Crippen molar-refractivity contribution in [2.45, 2.75) is 46.8 Å². The zero-order chi connectivity index (χ0) is 24.8. The van der Waals surface area contributed by atoms with E-state index in [0.29, 0.717) is 32.2 Å². The molecule has 7 nitrogen and oxygen atoms in total. The maximum atomic E-state index is 13.4. The van der Waals surface area contributed by atoms with Crippen molar-refractivity contribution in [3.8, 4) is 0 Å². The molecule has 0 saturated carbocycles. The lowest BCUT2D eigenvalue weighted by Gasteiger charge is -2.32. The van der Waals surface area contributed by atoms with Gasteiger partial charge in [0, 0.05) is 49.4 Å². The van der Waals surface area contributed by atoms with Gasteiger partial charge in [-0.1, -0.05) is 54.0 Å². The van der Waals surface area contributed by atoms with Gasteiger partial charge in [0.25, 0.3) is 5.91 Å². The topological polar surface area (TPSA) is 67.9 Å². The van der Waals surface area contributed by atoms with Crippen molar-refractivity contribution in [1.82, 2.24) is 20.7 Å². The molecular formula is C26H36BrN5O2. The number of hydrogen-bond acceptors (Lipinski definition) is 5. The summed E-state index contributed by atoms with van der Waals surface area (Å²) in [7, 11) is 1.81. The summed E-state index contributed by atoms with van der Waals surface area (Å²) in [5, 5.41) is 10.0. The van der Waals surface area contributed by atoms with E-state index in [9.17, 15) is 9.59 Å². The number of rotatable bonds is 10. The second-order valence-electron chi connectivity index (χ2n) is 9.21. The molecule has 0 unspecified atom stereocenters. The number of nitrogens with one attached hydrogen (secondary N) is 2. The van der Waals surface area contributed by atoms with E-state index in [1.807, 2.05) is 55.1 Å². The molecule has 1 aliphatic rings. The second-order valence-corrected chi connectivity index (χ2v) is 10.1. The maximum Gasteiger partial charge on any atom is 0.256 e. The first kappa shape index (κ1) is 26.2. The lowest BCUT2D eigenvalue weighted by Crippen LogP contribution is -2.48. The van der Waals surface area contributed by atoms with Crippen LogP contribution >= 0.6 is 15.9 Å².